The second-order valence-corrected chi connectivity index (χ2v) is 3.40. The van der Waals surface area contributed by atoms with Gasteiger partial charge in [0.2, 0.25) is 0 Å². The van der Waals surface area contributed by atoms with Crippen molar-refractivity contribution in [1.29, 1.82) is 0 Å². The minimum absolute atomic E-state index is 0.213. The zero-order valence-electron chi connectivity index (χ0n) is 6.67. The molecular formula is C8H9FO2S. The molecule has 1 rings (SSSR count). The molecular weight excluding hydrogens is 179 g/mol. The van der Waals surface area contributed by atoms with Crippen LogP contribution in [0.3, 0.4) is 0 Å². The van der Waals surface area contributed by atoms with Gasteiger partial charge in [0, 0.05) is 4.88 Å². The average Bonchev–Trinajstić information content (AvgIpc) is 2.47. The first-order chi connectivity index (χ1) is 5.72. The lowest BCUT2D eigenvalue weighted by Gasteiger charge is -1.95. The van der Waals surface area contributed by atoms with Gasteiger partial charge in [-0.1, -0.05) is 0 Å². The first-order valence-corrected chi connectivity index (χ1v) is 4.35. The molecule has 0 unspecified atom stereocenters. The molecule has 1 aromatic rings. The van der Waals surface area contributed by atoms with Crippen molar-refractivity contribution in [3.63, 3.8) is 0 Å². The Morgan fingerprint density at radius 3 is 2.92 bits per heavy atom. The molecule has 0 radical (unpaired) electrons. The lowest BCUT2D eigenvalue weighted by molar-refractivity contribution is -0.140. The van der Waals surface area contributed by atoms with Crippen molar-refractivity contribution in [3.8, 4) is 0 Å². The average molecular weight is 188 g/mol. The van der Waals surface area contributed by atoms with E-state index < -0.39 is 0 Å². The van der Waals surface area contributed by atoms with Gasteiger partial charge >= 0.3 is 5.97 Å². The second kappa shape index (κ2) is 4.21. The van der Waals surface area contributed by atoms with Gasteiger partial charge in [-0.15, -0.1) is 11.3 Å². The fourth-order valence-electron chi connectivity index (χ4n) is 0.813. The standard InChI is InChI=1S/C8H9FO2S/c1-11-8(10)5-3-6-2-4-7(9)12-6/h2,4H,3,5H2,1H3. The molecule has 4 heteroatoms. The van der Waals surface area contributed by atoms with Crippen LogP contribution in [0.4, 0.5) is 4.39 Å². The quantitative estimate of drug-likeness (QED) is 0.678. The number of ether oxygens (including phenoxy) is 1. The molecule has 0 N–H and O–H groups in total. The van der Waals surface area contributed by atoms with E-state index in [0.717, 1.165) is 16.2 Å². The highest BCUT2D eigenvalue weighted by Gasteiger charge is 2.03. The van der Waals surface area contributed by atoms with Gasteiger partial charge in [-0.05, 0) is 18.6 Å². The zero-order chi connectivity index (χ0) is 8.97. The Morgan fingerprint density at radius 1 is 1.67 bits per heavy atom. The van der Waals surface area contributed by atoms with E-state index in [9.17, 15) is 9.18 Å². The Balaban J connectivity index is 2.38. The molecule has 0 saturated heterocycles. The summed E-state index contributed by atoms with van der Waals surface area (Å²) in [5.41, 5.74) is 0. The molecule has 12 heavy (non-hydrogen) atoms. The van der Waals surface area contributed by atoms with Crippen LogP contribution < -0.4 is 0 Å². The van der Waals surface area contributed by atoms with E-state index in [1.54, 1.807) is 6.07 Å². The Bertz CT molecular complexity index is 270. The number of rotatable bonds is 3. The van der Waals surface area contributed by atoms with Crippen LogP contribution >= 0.6 is 11.3 Å². The van der Waals surface area contributed by atoms with E-state index in [-0.39, 0.29) is 11.1 Å². The number of carbonyl (C=O) groups excluding carboxylic acids is 1. The van der Waals surface area contributed by atoms with Gasteiger partial charge in [0.05, 0.1) is 13.5 Å². The first-order valence-electron chi connectivity index (χ1n) is 3.53. The van der Waals surface area contributed by atoms with E-state index in [4.69, 9.17) is 0 Å². The maximum Gasteiger partial charge on any atom is 0.305 e. The molecule has 0 bridgehead atoms. The lowest BCUT2D eigenvalue weighted by Crippen LogP contribution is -2.00. The summed E-state index contributed by atoms with van der Waals surface area (Å²) in [6.07, 6.45) is 0.873. The molecule has 1 heterocycles. The lowest BCUT2D eigenvalue weighted by atomic mass is 10.3. The molecule has 0 fully saturated rings. The minimum Gasteiger partial charge on any atom is -0.469 e. The molecule has 66 valence electrons. The van der Waals surface area contributed by atoms with Gasteiger partial charge in [0.25, 0.3) is 0 Å². The van der Waals surface area contributed by atoms with Crippen LogP contribution in [0.25, 0.3) is 0 Å². The number of thiophene rings is 1. The van der Waals surface area contributed by atoms with E-state index >= 15 is 0 Å². The topological polar surface area (TPSA) is 26.3 Å². The third-order valence-corrected chi connectivity index (χ3v) is 2.37. The molecule has 0 aromatic carbocycles. The van der Waals surface area contributed by atoms with Crippen LogP contribution in [0.5, 0.6) is 0 Å². The Kier molecular flexibility index (Phi) is 3.22. The number of aryl methyl sites for hydroxylation is 1. The monoisotopic (exact) mass is 188 g/mol. The van der Waals surface area contributed by atoms with Gasteiger partial charge in [-0.25, -0.2) is 0 Å². The minimum atomic E-state index is -0.260. The summed E-state index contributed by atoms with van der Waals surface area (Å²) >= 11 is 1.07. The van der Waals surface area contributed by atoms with Crippen molar-refractivity contribution in [1.82, 2.24) is 0 Å². The van der Waals surface area contributed by atoms with Crippen LogP contribution in [0.2, 0.25) is 0 Å². The predicted molar refractivity (Wildman–Crippen MR) is 44.6 cm³/mol. The van der Waals surface area contributed by atoms with Crippen molar-refractivity contribution >= 4 is 17.3 Å². The fourth-order valence-corrected chi connectivity index (χ4v) is 1.54. The number of methoxy groups -OCH3 is 1. The van der Waals surface area contributed by atoms with Gasteiger partial charge in [0.1, 0.15) is 0 Å². The van der Waals surface area contributed by atoms with Crippen LogP contribution in [0.15, 0.2) is 12.1 Å². The van der Waals surface area contributed by atoms with Crippen molar-refractivity contribution in [2.24, 2.45) is 0 Å². The Labute approximate surface area is 74.0 Å². The molecule has 1 aromatic heterocycles. The van der Waals surface area contributed by atoms with Gasteiger partial charge in [-0.3, -0.25) is 4.79 Å². The van der Waals surface area contributed by atoms with Crippen LogP contribution in [0, 0.1) is 5.13 Å². The highest BCUT2D eigenvalue weighted by molar-refractivity contribution is 7.10. The summed E-state index contributed by atoms with van der Waals surface area (Å²) in [7, 11) is 1.34. The summed E-state index contributed by atoms with van der Waals surface area (Å²) in [4.78, 5) is 11.6. The van der Waals surface area contributed by atoms with E-state index in [0.29, 0.717) is 12.8 Å². The summed E-state index contributed by atoms with van der Waals surface area (Å²) < 4.78 is 16.9. The van der Waals surface area contributed by atoms with Crippen molar-refractivity contribution in [3.05, 3.63) is 22.1 Å². The maximum atomic E-state index is 12.4. The third-order valence-electron chi connectivity index (χ3n) is 1.43. The molecule has 0 aliphatic rings. The fraction of sp³-hybridized carbons (Fsp3) is 0.375. The maximum absolute atomic E-state index is 12.4. The normalized spacial score (nSPS) is 9.83. The Morgan fingerprint density at radius 2 is 2.42 bits per heavy atom. The highest BCUT2D eigenvalue weighted by Crippen LogP contribution is 2.15. The molecule has 2 nitrogen and oxygen atoms in total. The van der Waals surface area contributed by atoms with Gasteiger partial charge in [0.15, 0.2) is 5.13 Å². The smallest absolute Gasteiger partial charge is 0.305 e. The molecule has 0 aliphatic heterocycles. The van der Waals surface area contributed by atoms with Crippen molar-refractivity contribution in [2.45, 2.75) is 12.8 Å². The van der Waals surface area contributed by atoms with Crippen molar-refractivity contribution in [2.75, 3.05) is 7.11 Å². The number of esters is 1. The molecule has 0 atom stereocenters. The number of halogens is 1. The van der Waals surface area contributed by atoms with Crippen LogP contribution in [-0.2, 0) is 16.0 Å². The number of hydrogen-bond acceptors (Lipinski definition) is 3. The van der Waals surface area contributed by atoms with Gasteiger partial charge < -0.3 is 4.74 Å². The zero-order valence-corrected chi connectivity index (χ0v) is 7.49. The van der Waals surface area contributed by atoms with Crippen LogP contribution in [0.1, 0.15) is 11.3 Å². The molecule has 0 amide bonds. The summed E-state index contributed by atoms with van der Waals surface area (Å²) in [6, 6.07) is 3.08. The summed E-state index contributed by atoms with van der Waals surface area (Å²) in [5, 5.41) is -0.213. The number of carbonyl (C=O) groups is 1. The largest absolute Gasteiger partial charge is 0.469 e. The molecule has 0 spiro atoms. The van der Waals surface area contributed by atoms with E-state index in [1.807, 2.05) is 0 Å². The second-order valence-electron chi connectivity index (χ2n) is 2.28. The van der Waals surface area contributed by atoms with Crippen molar-refractivity contribution < 1.29 is 13.9 Å². The first kappa shape index (κ1) is 9.19. The Hall–Kier alpha value is -0.900. The van der Waals surface area contributed by atoms with Gasteiger partial charge in [-0.2, -0.15) is 4.39 Å². The summed E-state index contributed by atoms with van der Waals surface area (Å²) in [6.45, 7) is 0. The van der Waals surface area contributed by atoms with Crippen LogP contribution in [-0.4, -0.2) is 13.1 Å². The van der Waals surface area contributed by atoms with E-state index in [1.165, 1.54) is 13.2 Å². The highest BCUT2D eigenvalue weighted by atomic mass is 32.1. The molecule has 0 aliphatic carbocycles. The summed E-state index contributed by atoms with van der Waals surface area (Å²) in [5.74, 6) is -0.260. The molecule has 0 saturated carbocycles. The predicted octanol–water partition coefficient (Wildman–Crippen LogP) is 1.99. The van der Waals surface area contributed by atoms with E-state index in [2.05, 4.69) is 4.74 Å². The number of hydrogen-bond donors (Lipinski definition) is 0. The third kappa shape index (κ3) is 2.62. The SMILES string of the molecule is COC(=O)CCc1ccc(F)s1.